The van der Waals surface area contributed by atoms with Gasteiger partial charge in [-0.25, -0.2) is 0 Å². The number of carbonyl (C=O) groups is 1. The summed E-state index contributed by atoms with van der Waals surface area (Å²) in [7, 11) is 0. The third-order valence-electron chi connectivity index (χ3n) is 3.53. The van der Waals surface area contributed by atoms with E-state index < -0.39 is 6.04 Å². The monoisotopic (exact) mass is 277 g/mol. The molecular weight excluding hydrogens is 250 g/mol. The predicted octanol–water partition coefficient (Wildman–Crippen LogP) is 1.76. The van der Waals surface area contributed by atoms with Crippen LogP contribution in [0.5, 0.6) is 0 Å². The fraction of sp³-hybridized carbons (Fsp3) is 0.562. The van der Waals surface area contributed by atoms with Gasteiger partial charge >= 0.3 is 0 Å². The van der Waals surface area contributed by atoms with Crippen LogP contribution in [0.25, 0.3) is 0 Å². The van der Waals surface area contributed by atoms with Crippen molar-refractivity contribution in [2.45, 2.75) is 33.7 Å². The molecular formula is C16H27N3O. The highest BCUT2D eigenvalue weighted by Gasteiger charge is 2.17. The topological polar surface area (TPSA) is 58.4 Å². The van der Waals surface area contributed by atoms with Crippen molar-refractivity contribution >= 4 is 5.91 Å². The molecule has 0 saturated carbocycles. The van der Waals surface area contributed by atoms with Crippen molar-refractivity contribution in [1.82, 2.24) is 10.2 Å². The molecule has 0 bridgehead atoms. The zero-order valence-corrected chi connectivity index (χ0v) is 13.1. The minimum absolute atomic E-state index is 0.324. The molecule has 1 unspecified atom stereocenters. The summed E-state index contributed by atoms with van der Waals surface area (Å²) in [6.45, 7) is 12.0. The molecule has 1 atom stereocenters. The van der Waals surface area contributed by atoms with Crippen LogP contribution in [0.2, 0.25) is 0 Å². The van der Waals surface area contributed by atoms with Gasteiger partial charge in [0.1, 0.15) is 6.04 Å². The van der Waals surface area contributed by atoms with Crippen molar-refractivity contribution in [3.05, 3.63) is 34.9 Å². The second kappa shape index (κ2) is 8.02. The third-order valence-corrected chi connectivity index (χ3v) is 3.53. The second-order valence-electron chi connectivity index (χ2n) is 5.24. The van der Waals surface area contributed by atoms with Gasteiger partial charge in [0.05, 0.1) is 0 Å². The van der Waals surface area contributed by atoms with E-state index in [0.717, 1.165) is 42.9 Å². The maximum absolute atomic E-state index is 11.7. The number of hydrogen-bond donors (Lipinski definition) is 2. The van der Waals surface area contributed by atoms with Crippen LogP contribution in [-0.4, -0.2) is 37.0 Å². The zero-order valence-electron chi connectivity index (χ0n) is 13.1. The Bertz CT molecular complexity index is 421. The summed E-state index contributed by atoms with van der Waals surface area (Å²) >= 11 is 0. The van der Waals surface area contributed by atoms with Crippen molar-refractivity contribution in [1.29, 1.82) is 0 Å². The first kappa shape index (κ1) is 16.7. The molecule has 0 saturated heterocycles. The maximum atomic E-state index is 11.7. The van der Waals surface area contributed by atoms with Gasteiger partial charge in [-0.2, -0.15) is 0 Å². The number of primary amides is 1. The van der Waals surface area contributed by atoms with Gasteiger partial charge in [-0.3, -0.25) is 4.79 Å². The second-order valence-corrected chi connectivity index (χ2v) is 5.24. The molecule has 0 aliphatic rings. The highest BCUT2D eigenvalue weighted by molar-refractivity contribution is 5.81. The van der Waals surface area contributed by atoms with Gasteiger partial charge in [-0.15, -0.1) is 0 Å². The highest BCUT2D eigenvalue weighted by Crippen LogP contribution is 2.16. The number of rotatable bonds is 8. The summed E-state index contributed by atoms with van der Waals surface area (Å²) in [5.74, 6) is -0.324. The minimum Gasteiger partial charge on any atom is -0.368 e. The lowest BCUT2D eigenvalue weighted by Crippen LogP contribution is -2.38. The average Bonchev–Trinajstić information content (AvgIpc) is 2.37. The molecule has 1 aromatic rings. The number of nitrogens with zero attached hydrogens (tertiary/aromatic N) is 1. The van der Waals surface area contributed by atoms with Gasteiger partial charge in [-0.1, -0.05) is 43.2 Å². The molecule has 0 radical (unpaired) electrons. The number of amides is 1. The molecule has 20 heavy (non-hydrogen) atoms. The molecule has 1 aromatic carbocycles. The van der Waals surface area contributed by atoms with Gasteiger partial charge < -0.3 is 16.0 Å². The van der Waals surface area contributed by atoms with Gasteiger partial charge in [-0.05, 0) is 32.5 Å². The molecule has 4 nitrogen and oxygen atoms in total. The van der Waals surface area contributed by atoms with E-state index in [-0.39, 0.29) is 5.91 Å². The molecule has 1 amide bonds. The molecule has 0 fully saturated rings. The van der Waals surface area contributed by atoms with Crippen LogP contribution >= 0.6 is 0 Å². The Kier molecular flexibility index (Phi) is 6.68. The van der Waals surface area contributed by atoms with Gasteiger partial charge in [0, 0.05) is 13.1 Å². The predicted molar refractivity (Wildman–Crippen MR) is 83.6 cm³/mol. The van der Waals surface area contributed by atoms with Crippen molar-refractivity contribution in [3.8, 4) is 0 Å². The quantitative estimate of drug-likeness (QED) is 0.761. The first-order chi connectivity index (χ1) is 9.47. The molecule has 0 heterocycles. The Balaban J connectivity index is 2.72. The first-order valence-electron chi connectivity index (χ1n) is 7.31. The smallest absolute Gasteiger partial charge is 0.239 e. The summed E-state index contributed by atoms with van der Waals surface area (Å²) in [6.07, 6.45) is 0. The molecule has 0 aromatic heterocycles. The van der Waals surface area contributed by atoms with Gasteiger partial charge in [0.25, 0.3) is 0 Å². The SMILES string of the molecule is CCN(CC)CCNC(C(N)=O)c1cc(C)cc(C)c1. The lowest BCUT2D eigenvalue weighted by Gasteiger charge is -2.21. The lowest BCUT2D eigenvalue weighted by molar-refractivity contribution is -0.120. The van der Waals surface area contributed by atoms with Crippen LogP contribution in [0, 0.1) is 13.8 Å². The largest absolute Gasteiger partial charge is 0.368 e. The number of carbonyl (C=O) groups excluding carboxylic acids is 1. The number of nitrogens with two attached hydrogens (primary N) is 1. The normalized spacial score (nSPS) is 12.7. The molecule has 1 rings (SSSR count). The van der Waals surface area contributed by atoms with Crippen LogP contribution in [0.1, 0.15) is 36.6 Å². The molecule has 112 valence electrons. The van der Waals surface area contributed by atoms with E-state index in [1.807, 2.05) is 26.0 Å². The van der Waals surface area contributed by atoms with E-state index in [9.17, 15) is 4.79 Å². The summed E-state index contributed by atoms with van der Waals surface area (Å²) in [5.41, 5.74) is 8.79. The fourth-order valence-corrected chi connectivity index (χ4v) is 2.47. The van der Waals surface area contributed by atoms with Crippen LogP contribution in [0.4, 0.5) is 0 Å². The fourth-order valence-electron chi connectivity index (χ4n) is 2.47. The zero-order chi connectivity index (χ0) is 15.1. The summed E-state index contributed by atoms with van der Waals surface area (Å²) < 4.78 is 0. The van der Waals surface area contributed by atoms with Crippen molar-refractivity contribution in [3.63, 3.8) is 0 Å². The van der Waals surface area contributed by atoms with Crippen molar-refractivity contribution < 1.29 is 4.79 Å². The number of aryl methyl sites for hydroxylation is 2. The van der Waals surface area contributed by atoms with E-state index in [4.69, 9.17) is 5.73 Å². The van der Waals surface area contributed by atoms with E-state index in [2.05, 4.69) is 30.1 Å². The highest BCUT2D eigenvalue weighted by atomic mass is 16.1. The van der Waals surface area contributed by atoms with Crippen LogP contribution in [0.3, 0.4) is 0 Å². The van der Waals surface area contributed by atoms with Gasteiger partial charge in [0.15, 0.2) is 0 Å². The van der Waals surface area contributed by atoms with Crippen LogP contribution in [-0.2, 0) is 4.79 Å². The van der Waals surface area contributed by atoms with E-state index in [0.29, 0.717) is 0 Å². The Morgan fingerprint density at radius 1 is 1.20 bits per heavy atom. The number of hydrogen-bond acceptors (Lipinski definition) is 3. The van der Waals surface area contributed by atoms with Crippen molar-refractivity contribution in [2.24, 2.45) is 5.73 Å². The van der Waals surface area contributed by atoms with E-state index in [1.165, 1.54) is 0 Å². The maximum Gasteiger partial charge on any atom is 0.239 e. The summed E-state index contributed by atoms with van der Waals surface area (Å²) in [4.78, 5) is 14.0. The Morgan fingerprint density at radius 3 is 2.20 bits per heavy atom. The number of likely N-dealkylation sites (N-methyl/N-ethyl adjacent to an activating group) is 1. The van der Waals surface area contributed by atoms with Crippen LogP contribution in [0.15, 0.2) is 18.2 Å². The molecule has 0 aliphatic carbocycles. The van der Waals surface area contributed by atoms with E-state index in [1.54, 1.807) is 0 Å². The lowest BCUT2D eigenvalue weighted by atomic mass is 10.0. The van der Waals surface area contributed by atoms with Crippen LogP contribution < -0.4 is 11.1 Å². The third kappa shape index (κ3) is 4.94. The molecule has 0 aliphatic heterocycles. The number of nitrogens with one attached hydrogen (secondary N) is 1. The first-order valence-corrected chi connectivity index (χ1v) is 7.31. The minimum atomic E-state index is -0.413. The molecule has 3 N–H and O–H groups in total. The van der Waals surface area contributed by atoms with Gasteiger partial charge in [0.2, 0.25) is 5.91 Å². The Morgan fingerprint density at radius 2 is 1.75 bits per heavy atom. The summed E-state index contributed by atoms with van der Waals surface area (Å²) in [5, 5.41) is 3.27. The molecule has 4 heteroatoms. The summed E-state index contributed by atoms with van der Waals surface area (Å²) in [6, 6.07) is 5.72. The Hall–Kier alpha value is -1.39. The molecule has 0 spiro atoms. The van der Waals surface area contributed by atoms with E-state index >= 15 is 0 Å². The standard InChI is InChI=1S/C16H27N3O/c1-5-19(6-2)8-7-18-15(16(17)20)14-10-12(3)9-13(4)11-14/h9-11,15,18H,5-8H2,1-4H3,(H2,17,20). The Labute approximate surface area is 122 Å². The number of benzene rings is 1. The average molecular weight is 277 g/mol. The van der Waals surface area contributed by atoms with Crippen molar-refractivity contribution in [2.75, 3.05) is 26.2 Å².